The Morgan fingerprint density at radius 3 is 2.76 bits per heavy atom. The zero-order valence-electron chi connectivity index (χ0n) is 11.6. The number of rotatable bonds is 5. The SMILES string of the molecule is CN(Cc1ccccc1)C(=O)CNc1ncnc(N)c1Cl. The summed E-state index contributed by atoms with van der Waals surface area (Å²) in [5.74, 6) is 0.456. The molecule has 6 nitrogen and oxygen atoms in total. The van der Waals surface area contributed by atoms with Gasteiger partial charge in [0.05, 0.1) is 6.54 Å². The highest BCUT2D eigenvalue weighted by Gasteiger charge is 2.11. The third-order valence-corrected chi connectivity index (χ3v) is 3.28. The number of likely N-dealkylation sites (N-methyl/N-ethyl adjacent to an activating group) is 1. The fourth-order valence-corrected chi connectivity index (χ4v) is 1.91. The number of amides is 1. The minimum Gasteiger partial charge on any atom is -0.382 e. The Balaban J connectivity index is 1.91. The second kappa shape index (κ2) is 6.90. The Labute approximate surface area is 128 Å². The van der Waals surface area contributed by atoms with Crippen LogP contribution in [0.2, 0.25) is 5.02 Å². The van der Waals surface area contributed by atoms with Gasteiger partial charge in [-0.05, 0) is 5.56 Å². The summed E-state index contributed by atoms with van der Waals surface area (Å²) < 4.78 is 0. The molecule has 110 valence electrons. The van der Waals surface area contributed by atoms with Crippen LogP contribution in [-0.2, 0) is 11.3 Å². The zero-order chi connectivity index (χ0) is 15.2. The first-order valence-corrected chi connectivity index (χ1v) is 6.73. The average molecular weight is 306 g/mol. The number of halogens is 1. The molecule has 3 N–H and O–H groups in total. The highest BCUT2D eigenvalue weighted by Crippen LogP contribution is 2.22. The molecule has 1 aromatic carbocycles. The molecule has 0 saturated heterocycles. The van der Waals surface area contributed by atoms with Gasteiger partial charge in [0.25, 0.3) is 0 Å². The number of nitrogens with two attached hydrogens (primary N) is 1. The number of hydrogen-bond donors (Lipinski definition) is 2. The number of nitrogens with one attached hydrogen (secondary N) is 1. The molecule has 0 saturated carbocycles. The van der Waals surface area contributed by atoms with E-state index in [9.17, 15) is 4.79 Å². The summed E-state index contributed by atoms with van der Waals surface area (Å²) in [4.78, 5) is 21.4. The molecule has 0 fully saturated rings. The Morgan fingerprint density at radius 1 is 1.33 bits per heavy atom. The van der Waals surface area contributed by atoms with Crippen LogP contribution in [-0.4, -0.2) is 34.4 Å². The first-order valence-electron chi connectivity index (χ1n) is 6.35. The number of benzene rings is 1. The number of nitrogens with zero attached hydrogens (tertiary/aromatic N) is 3. The van der Waals surface area contributed by atoms with Crippen LogP contribution in [0.1, 0.15) is 5.56 Å². The Hall–Kier alpha value is -2.34. The third-order valence-electron chi connectivity index (χ3n) is 2.91. The number of nitrogen functional groups attached to an aromatic ring is 1. The lowest BCUT2D eigenvalue weighted by atomic mass is 10.2. The second-order valence-corrected chi connectivity index (χ2v) is 4.89. The van der Waals surface area contributed by atoms with E-state index < -0.39 is 0 Å². The number of carbonyl (C=O) groups is 1. The molecule has 2 rings (SSSR count). The van der Waals surface area contributed by atoms with Gasteiger partial charge >= 0.3 is 0 Å². The van der Waals surface area contributed by atoms with E-state index in [-0.39, 0.29) is 23.3 Å². The summed E-state index contributed by atoms with van der Waals surface area (Å²) in [6.45, 7) is 0.626. The van der Waals surface area contributed by atoms with E-state index in [0.29, 0.717) is 12.4 Å². The van der Waals surface area contributed by atoms with Crippen molar-refractivity contribution in [3.8, 4) is 0 Å². The van der Waals surface area contributed by atoms with Gasteiger partial charge in [0.1, 0.15) is 17.2 Å². The van der Waals surface area contributed by atoms with Crippen LogP contribution < -0.4 is 11.1 Å². The van der Waals surface area contributed by atoms with Crippen LogP contribution in [0.3, 0.4) is 0 Å². The summed E-state index contributed by atoms with van der Waals surface area (Å²) in [5, 5.41) is 3.08. The highest BCUT2D eigenvalue weighted by molar-refractivity contribution is 6.35. The molecule has 0 aliphatic heterocycles. The lowest BCUT2D eigenvalue weighted by Crippen LogP contribution is -2.32. The molecule has 0 atom stereocenters. The van der Waals surface area contributed by atoms with Gasteiger partial charge in [-0.1, -0.05) is 41.9 Å². The summed E-state index contributed by atoms with van der Waals surface area (Å²) in [6.07, 6.45) is 1.29. The summed E-state index contributed by atoms with van der Waals surface area (Å²) in [5.41, 5.74) is 6.64. The number of hydrogen-bond acceptors (Lipinski definition) is 5. The van der Waals surface area contributed by atoms with E-state index in [1.54, 1.807) is 11.9 Å². The van der Waals surface area contributed by atoms with Gasteiger partial charge in [0.2, 0.25) is 5.91 Å². The highest BCUT2D eigenvalue weighted by atomic mass is 35.5. The number of anilines is 2. The monoisotopic (exact) mass is 305 g/mol. The molecule has 0 bridgehead atoms. The molecular formula is C14H16ClN5O. The zero-order valence-corrected chi connectivity index (χ0v) is 12.3. The van der Waals surface area contributed by atoms with Gasteiger partial charge in [-0.15, -0.1) is 0 Å². The molecule has 0 aliphatic carbocycles. The van der Waals surface area contributed by atoms with Crippen molar-refractivity contribution >= 4 is 29.1 Å². The summed E-state index contributed by atoms with van der Waals surface area (Å²) in [7, 11) is 1.74. The Kier molecular flexibility index (Phi) is 4.94. The largest absolute Gasteiger partial charge is 0.382 e. The first-order chi connectivity index (χ1) is 10.1. The summed E-state index contributed by atoms with van der Waals surface area (Å²) >= 11 is 5.95. The molecule has 0 spiro atoms. The van der Waals surface area contributed by atoms with Crippen molar-refractivity contribution in [1.82, 2.24) is 14.9 Å². The predicted octanol–water partition coefficient (Wildman–Crippen LogP) is 1.78. The van der Waals surface area contributed by atoms with Crippen LogP contribution >= 0.6 is 11.6 Å². The van der Waals surface area contributed by atoms with Crippen molar-refractivity contribution in [3.05, 3.63) is 47.2 Å². The Bertz CT molecular complexity index is 620. The lowest BCUT2D eigenvalue weighted by molar-refractivity contribution is -0.128. The van der Waals surface area contributed by atoms with Crippen LogP contribution in [0.5, 0.6) is 0 Å². The number of aromatic nitrogens is 2. The fourth-order valence-electron chi connectivity index (χ4n) is 1.75. The van der Waals surface area contributed by atoms with Crippen molar-refractivity contribution in [2.75, 3.05) is 24.6 Å². The van der Waals surface area contributed by atoms with E-state index in [4.69, 9.17) is 17.3 Å². The van der Waals surface area contributed by atoms with Crippen LogP contribution in [0.4, 0.5) is 11.6 Å². The van der Waals surface area contributed by atoms with Crippen molar-refractivity contribution < 1.29 is 4.79 Å². The van der Waals surface area contributed by atoms with E-state index in [1.807, 2.05) is 30.3 Å². The maximum absolute atomic E-state index is 12.1. The van der Waals surface area contributed by atoms with Gasteiger partial charge in [-0.3, -0.25) is 4.79 Å². The molecule has 0 radical (unpaired) electrons. The van der Waals surface area contributed by atoms with Crippen molar-refractivity contribution in [3.63, 3.8) is 0 Å². The smallest absolute Gasteiger partial charge is 0.241 e. The van der Waals surface area contributed by atoms with E-state index in [2.05, 4.69) is 15.3 Å². The minimum absolute atomic E-state index is 0.0768. The van der Waals surface area contributed by atoms with Crippen molar-refractivity contribution in [2.45, 2.75) is 6.54 Å². The maximum Gasteiger partial charge on any atom is 0.241 e. The Morgan fingerprint density at radius 2 is 2.05 bits per heavy atom. The second-order valence-electron chi connectivity index (χ2n) is 4.51. The van der Waals surface area contributed by atoms with Crippen molar-refractivity contribution in [2.24, 2.45) is 0 Å². The van der Waals surface area contributed by atoms with Gasteiger partial charge in [0, 0.05) is 13.6 Å². The van der Waals surface area contributed by atoms with Gasteiger partial charge in [-0.25, -0.2) is 9.97 Å². The molecule has 21 heavy (non-hydrogen) atoms. The van der Waals surface area contributed by atoms with Crippen LogP contribution in [0.15, 0.2) is 36.7 Å². The van der Waals surface area contributed by atoms with Crippen LogP contribution in [0.25, 0.3) is 0 Å². The minimum atomic E-state index is -0.0768. The molecule has 0 unspecified atom stereocenters. The first kappa shape index (κ1) is 15.1. The predicted molar refractivity (Wildman–Crippen MR) is 82.9 cm³/mol. The molecular weight excluding hydrogens is 290 g/mol. The van der Waals surface area contributed by atoms with E-state index in [0.717, 1.165) is 5.56 Å². The molecule has 1 heterocycles. The summed E-state index contributed by atoms with van der Waals surface area (Å²) in [6, 6.07) is 9.76. The van der Waals surface area contributed by atoms with Gasteiger partial charge < -0.3 is 16.0 Å². The lowest BCUT2D eigenvalue weighted by Gasteiger charge is -2.18. The standard InChI is InChI=1S/C14H16ClN5O/c1-20(8-10-5-3-2-4-6-10)11(21)7-17-14-12(15)13(16)18-9-19-14/h2-6,9H,7-8H2,1H3,(H3,16,17,18,19). The molecule has 0 aliphatic rings. The van der Waals surface area contributed by atoms with Gasteiger partial charge in [0.15, 0.2) is 5.82 Å². The van der Waals surface area contributed by atoms with Crippen molar-refractivity contribution in [1.29, 1.82) is 0 Å². The maximum atomic E-state index is 12.1. The number of carbonyl (C=O) groups excluding carboxylic acids is 1. The quantitative estimate of drug-likeness (QED) is 0.879. The van der Waals surface area contributed by atoms with Crippen LogP contribution in [0, 0.1) is 0 Å². The third kappa shape index (κ3) is 4.06. The molecule has 2 aromatic rings. The fraction of sp³-hybridized carbons (Fsp3) is 0.214. The van der Waals surface area contributed by atoms with E-state index >= 15 is 0 Å². The topological polar surface area (TPSA) is 84.1 Å². The average Bonchev–Trinajstić information content (AvgIpc) is 2.49. The normalized spacial score (nSPS) is 10.2. The molecule has 7 heteroatoms. The molecule has 1 aromatic heterocycles. The van der Waals surface area contributed by atoms with E-state index in [1.165, 1.54) is 6.33 Å². The van der Waals surface area contributed by atoms with Gasteiger partial charge in [-0.2, -0.15) is 0 Å². The molecule has 1 amide bonds.